The zero-order valence-electron chi connectivity index (χ0n) is 21.6. The highest BCUT2D eigenvalue weighted by Crippen LogP contribution is 2.41. The standard InChI is InChI=1S/C27H26F4N4O2S2/c1-15(2)38-25-22(17-8-10-19(11-9-17)27(29,30)31)33-26(39-25)35-23(24(36)32-12-13-37-4)21(16(3)34-35)18-6-5-7-20(28)14-18/h5-11,14-15H,12-13H2,1-4H3,(H,32,36). The molecule has 2 heterocycles. The van der Waals surface area contributed by atoms with Crippen LogP contribution >= 0.6 is 23.1 Å². The molecular formula is C27H26F4N4O2S2. The zero-order chi connectivity index (χ0) is 28.3. The second-order valence-corrected chi connectivity index (χ2v) is 11.7. The van der Waals surface area contributed by atoms with Crippen LogP contribution in [0.3, 0.4) is 0 Å². The summed E-state index contributed by atoms with van der Waals surface area (Å²) in [4.78, 5) is 18.2. The van der Waals surface area contributed by atoms with Gasteiger partial charge in [-0.3, -0.25) is 4.79 Å². The fraction of sp³-hybridized carbons (Fsp3) is 0.296. The molecule has 0 fully saturated rings. The number of aryl methyl sites for hydroxylation is 1. The largest absolute Gasteiger partial charge is 0.416 e. The number of nitrogens with zero attached hydrogens (tertiary/aromatic N) is 3. The van der Waals surface area contributed by atoms with Gasteiger partial charge in [0, 0.05) is 30.0 Å². The first-order chi connectivity index (χ1) is 18.5. The average Bonchev–Trinajstić information content (AvgIpc) is 3.44. The molecule has 12 heteroatoms. The third kappa shape index (κ3) is 6.51. The van der Waals surface area contributed by atoms with Crippen LogP contribution in [-0.2, 0) is 10.9 Å². The molecule has 0 saturated carbocycles. The van der Waals surface area contributed by atoms with Crippen molar-refractivity contribution in [3.05, 3.63) is 71.3 Å². The summed E-state index contributed by atoms with van der Waals surface area (Å²) in [6.07, 6.45) is -4.45. The number of halogens is 4. The molecule has 0 radical (unpaired) electrons. The maximum Gasteiger partial charge on any atom is 0.416 e. The molecule has 0 unspecified atom stereocenters. The van der Waals surface area contributed by atoms with Crippen molar-refractivity contribution in [2.75, 3.05) is 20.3 Å². The van der Waals surface area contributed by atoms with Crippen LogP contribution in [0.5, 0.6) is 0 Å². The van der Waals surface area contributed by atoms with Gasteiger partial charge in [-0.15, -0.1) is 11.8 Å². The molecule has 4 aromatic rings. The minimum atomic E-state index is -4.45. The predicted molar refractivity (Wildman–Crippen MR) is 145 cm³/mol. The van der Waals surface area contributed by atoms with Gasteiger partial charge in [0.05, 0.1) is 27.8 Å². The number of methoxy groups -OCH3 is 1. The van der Waals surface area contributed by atoms with Crippen LogP contribution in [0.1, 0.15) is 35.6 Å². The summed E-state index contributed by atoms with van der Waals surface area (Å²) in [6, 6.07) is 10.7. The van der Waals surface area contributed by atoms with E-state index in [9.17, 15) is 22.4 Å². The van der Waals surface area contributed by atoms with E-state index in [0.29, 0.717) is 39.8 Å². The fourth-order valence-electron chi connectivity index (χ4n) is 3.89. The molecule has 39 heavy (non-hydrogen) atoms. The molecule has 1 amide bonds. The number of amides is 1. The Bertz CT molecular complexity index is 1460. The van der Waals surface area contributed by atoms with Crippen molar-refractivity contribution >= 4 is 29.0 Å². The second-order valence-electron chi connectivity index (χ2n) is 8.85. The quantitative estimate of drug-likeness (QED) is 0.132. The molecule has 2 aromatic heterocycles. The number of nitrogens with one attached hydrogen (secondary N) is 1. The molecule has 0 aliphatic carbocycles. The molecule has 0 aliphatic heterocycles. The molecule has 2 aromatic carbocycles. The molecule has 0 bridgehead atoms. The molecule has 0 atom stereocenters. The molecule has 0 aliphatic rings. The lowest BCUT2D eigenvalue weighted by Gasteiger charge is -2.09. The average molecular weight is 579 g/mol. The molecule has 6 nitrogen and oxygen atoms in total. The molecule has 0 spiro atoms. The third-order valence-corrected chi connectivity index (χ3v) is 7.82. The van der Waals surface area contributed by atoms with E-state index >= 15 is 0 Å². The Morgan fingerprint density at radius 3 is 2.49 bits per heavy atom. The summed E-state index contributed by atoms with van der Waals surface area (Å²) in [5, 5.41) is 7.92. The van der Waals surface area contributed by atoms with Crippen LogP contribution in [0.2, 0.25) is 0 Å². The highest BCUT2D eigenvalue weighted by Gasteiger charge is 2.31. The monoisotopic (exact) mass is 578 g/mol. The number of thioether (sulfide) groups is 1. The highest BCUT2D eigenvalue weighted by molar-refractivity contribution is 8.01. The number of ether oxygens (including phenoxy) is 1. The zero-order valence-corrected chi connectivity index (χ0v) is 23.2. The van der Waals surface area contributed by atoms with Crippen molar-refractivity contribution in [2.45, 2.75) is 36.4 Å². The number of thiazole rings is 1. The maximum atomic E-state index is 14.1. The number of carbonyl (C=O) groups is 1. The first-order valence-electron chi connectivity index (χ1n) is 12.0. The van der Waals surface area contributed by atoms with Gasteiger partial charge in [0.25, 0.3) is 5.91 Å². The van der Waals surface area contributed by atoms with E-state index in [1.807, 2.05) is 13.8 Å². The summed E-state index contributed by atoms with van der Waals surface area (Å²) >= 11 is 2.79. The predicted octanol–water partition coefficient (Wildman–Crippen LogP) is 7.01. The smallest absolute Gasteiger partial charge is 0.383 e. The van der Waals surface area contributed by atoms with Crippen molar-refractivity contribution in [3.63, 3.8) is 0 Å². The Morgan fingerprint density at radius 1 is 1.15 bits per heavy atom. The van der Waals surface area contributed by atoms with E-state index in [1.54, 1.807) is 19.1 Å². The lowest BCUT2D eigenvalue weighted by atomic mass is 10.0. The van der Waals surface area contributed by atoms with Crippen molar-refractivity contribution in [3.8, 4) is 27.5 Å². The third-order valence-electron chi connectivity index (χ3n) is 5.57. The number of carbonyl (C=O) groups excluding carboxylic acids is 1. The van der Waals surface area contributed by atoms with Crippen LogP contribution in [-0.4, -0.2) is 46.2 Å². The van der Waals surface area contributed by atoms with Gasteiger partial charge in [0.15, 0.2) is 0 Å². The van der Waals surface area contributed by atoms with Gasteiger partial charge in [-0.25, -0.2) is 9.37 Å². The number of benzene rings is 2. The van der Waals surface area contributed by atoms with Crippen molar-refractivity contribution in [2.24, 2.45) is 0 Å². The number of hydrogen-bond donors (Lipinski definition) is 1. The van der Waals surface area contributed by atoms with Crippen LogP contribution in [0.15, 0.2) is 52.7 Å². The summed E-state index contributed by atoms with van der Waals surface area (Å²) in [7, 11) is 1.52. The number of rotatable bonds is 9. The van der Waals surface area contributed by atoms with Gasteiger partial charge >= 0.3 is 6.18 Å². The van der Waals surface area contributed by atoms with Crippen LogP contribution in [0.4, 0.5) is 17.6 Å². The van der Waals surface area contributed by atoms with E-state index in [0.717, 1.165) is 16.3 Å². The minimum absolute atomic E-state index is 0.158. The van der Waals surface area contributed by atoms with Crippen LogP contribution in [0, 0.1) is 12.7 Å². The van der Waals surface area contributed by atoms with Gasteiger partial charge in [0.2, 0.25) is 5.13 Å². The van der Waals surface area contributed by atoms with Crippen LogP contribution < -0.4 is 5.32 Å². The van der Waals surface area contributed by atoms with Crippen molar-refractivity contribution < 1.29 is 27.1 Å². The summed E-state index contributed by atoms with van der Waals surface area (Å²) in [5.74, 6) is -0.906. The maximum absolute atomic E-state index is 14.1. The van der Waals surface area contributed by atoms with E-state index in [-0.39, 0.29) is 17.5 Å². The number of aromatic nitrogens is 3. The molecule has 4 rings (SSSR count). The Balaban J connectivity index is 1.87. The number of alkyl halides is 3. The van der Waals surface area contributed by atoms with Crippen molar-refractivity contribution in [1.82, 2.24) is 20.1 Å². The first-order valence-corrected chi connectivity index (χ1v) is 13.7. The minimum Gasteiger partial charge on any atom is -0.383 e. The second kappa shape index (κ2) is 11.9. The van der Waals surface area contributed by atoms with Gasteiger partial charge in [-0.1, -0.05) is 49.4 Å². The van der Waals surface area contributed by atoms with E-state index < -0.39 is 23.5 Å². The molecular weight excluding hydrogens is 552 g/mol. The summed E-state index contributed by atoms with van der Waals surface area (Å²) < 4.78 is 60.8. The Labute approximate surface area is 231 Å². The van der Waals surface area contributed by atoms with Crippen LogP contribution in [0.25, 0.3) is 27.5 Å². The Hall–Kier alpha value is -3.22. The van der Waals surface area contributed by atoms with Gasteiger partial charge in [0.1, 0.15) is 11.5 Å². The lowest BCUT2D eigenvalue weighted by molar-refractivity contribution is -0.137. The number of hydrogen-bond acceptors (Lipinski definition) is 6. The van der Waals surface area contributed by atoms with Gasteiger partial charge in [-0.05, 0) is 36.8 Å². The normalized spacial score (nSPS) is 11.8. The highest BCUT2D eigenvalue weighted by atomic mass is 32.2. The SMILES string of the molecule is COCCNC(=O)c1c(-c2cccc(F)c2)c(C)nn1-c1nc(-c2ccc(C(F)(F)F)cc2)c(SC(C)C)s1. The Kier molecular flexibility index (Phi) is 8.77. The van der Waals surface area contributed by atoms with Gasteiger partial charge < -0.3 is 10.1 Å². The fourth-order valence-corrected chi connectivity index (χ4v) is 6.37. The molecule has 1 N–H and O–H groups in total. The topological polar surface area (TPSA) is 69.0 Å². The Morgan fingerprint density at radius 2 is 1.87 bits per heavy atom. The van der Waals surface area contributed by atoms with Gasteiger partial charge in [-0.2, -0.15) is 23.0 Å². The summed E-state index contributed by atoms with van der Waals surface area (Å²) in [6.45, 7) is 6.24. The molecule has 206 valence electrons. The van der Waals surface area contributed by atoms with E-state index in [4.69, 9.17) is 9.72 Å². The first kappa shape index (κ1) is 28.8. The van der Waals surface area contributed by atoms with E-state index in [1.165, 1.54) is 59.2 Å². The van der Waals surface area contributed by atoms with Crippen molar-refractivity contribution in [1.29, 1.82) is 0 Å². The van der Waals surface area contributed by atoms with E-state index in [2.05, 4.69) is 10.4 Å². The lowest BCUT2D eigenvalue weighted by Crippen LogP contribution is -2.29. The summed E-state index contributed by atoms with van der Waals surface area (Å²) in [5.41, 5.74) is 1.84. The molecule has 0 saturated heterocycles.